The van der Waals surface area contributed by atoms with E-state index in [9.17, 15) is 27.6 Å². The molecule has 2 heterocycles. The highest BCUT2D eigenvalue weighted by atomic mass is 19.4. The normalized spacial score (nSPS) is 22.3. The molecule has 0 radical (unpaired) electrons. The van der Waals surface area contributed by atoms with E-state index in [0.29, 0.717) is 18.3 Å². The molecule has 0 unspecified atom stereocenters. The third-order valence-electron chi connectivity index (χ3n) is 6.89. The van der Waals surface area contributed by atoms with Gasteiger partial charge in [0.05, 0.1) is 12.1 Å². The Morgan fingerprint density at radius 2 is 1.70 bits per heavy atom. The molecule has 3 amide bonds. The number of hydrogen-bond acceptors (Lipinski definition) is 5. The number of alkyl halides is 3. The van der Waals surface area contributed by atoms with Crippen LogP contribution in [0.3, 0.4) is 0 Å². The Kier molecular flexibility index (Phi) is 8.42. The van der Waals surface area contributed by atoms with Gasteiger partial charge in [-0.05, 0) is 62.4 Å². The van der Waals surface area contributed by atoms with Gasteiger partial charge in [-0.25, -0.2) is 0 Å². The van der Waals surface area contributed by atoms with E-state index >= 15 is 0 Å². The van der Waals surface area contributed by atoms with E-state index in [1.165, 1.54) is 6.07 Å². The van der Waals surface area contributed by atoms with Crippen LogP contribution in [0.1, 0.15) is 58.5 Å². The molecule has 3 N–H and O–H groups in total. The fourth-order valence-electron chi connectivity index (χ4n) is 4.96. The van der Waals surface area contributed by atoms with Crippen molar-refractivity contribution in [2.75, 3.05) is 19.6 Å². The monoisotopic (exact) mass is 517 g/mol. The summed E-state index contributed by atoms with van der Waals surface area (Å²) in [5, 5.41) is 8.35. The summed E-state index contributed by atoms with van der Waals surface area (Å²) in [6.07, 6.45) is 1.47. The molecule has 2 aliphatic rings. The molecular formula is C26H30F3N5O3. The number of hydrogen-bond donors (Lipinski definition) is 3. The molecule has 4 rings (SSSR count). The van der Waals surface area contributed by atoms with Gasteiger partial charge in [0, 0.05) is 43.0 Å². The first-order valence-electron chi connectivity index (χ1n) is 12.4. The Balaban J connectivity index is 1.16. The van der Waals surface area contributed by atoms with Crippen LogP contribution in [0.2, 0.25) is 0 Å². The van der Waals surface area contributed by atoms with Crippen LogP contribution in [0.25, 0.3) is 0 Å². The molecule has 37 heavy (non-hydrogen) atoms. The predicted molar refractivity (Wildman–Crippen MR) is 130 cm³/mol. The fourth-order valence-corrected chi connectivity index (χ4v) is 4.96. The van der Waals surface area contributed by atoms with Crippen molar-refractivity contribution in [1.82, 2.24) is 25.8 Å². The maximum atomic E-state index is 12.9. The molecule has 198 valence electrons. The molecule has 1 aromatic carbocycles. The molecular weight excluding hydrogens is 487 g/mol. The average Bonchev–Trinajstić information content (AvgIpc) is 3.36. The maximum absolute atomic E-state index is 12.9. The quantitative estimate of drug-likeness (QED) is 0.524. The second-order valence-corrected chi connectivity index (χ2v) is 9.50. The van der Waals surface area contributed by atoms with Gasteiger partial charge in [-0.3, -0.25) is 24.3 Å². The van der Waals surface area contributed by atoms with E-state index in [1.54, 1.807) is 24.4 Å². The van der Waals surface area contributed by atoms with Gasteiger partial charge in [-0.2, -0.15) is 13.2 Å². The third kappa shape index (κ3) is 7.28. The second kappa shape index (κ2) is 11.7. The Morgan fingerprint density at radius 1 is 0.919 bits per heavy atom. The third-order valence-corrected chi connectivity index (χ3v) is 6.89. The van der Waals surface area contributed by atoms with Crippen LogP contribution >= 0.6 is 0 Å². The number of rotatable bonds is 7. The van der Waals surface area contributed by atoms with E-state index < -0.39 is 17.6 Å². The van der Waals surface area contributed by atoms with Gasteiger partial charge in [0.15, 0.2) is 0 Å². The van der Waals surface area contributed by atoms with Crippen molar-refractivity contribution in [2.45, 2.75) is 56.4 Å². The van der Waals surface area contributed by atoms with Crippen molar-refractivity contribution in [1.29, 1.82) is 0 Å². The van der Waals surface area contributed by atoms with Crippen LogP contribution in [0.4, 0.5) is 13.2 Å². The lowest BCUT2D eigenvalue weighted by molar-refractivity contribution is -0.137. The number of carbonyl (C=O) groups is 3. The zero-order valence-electron chi connectivity index (χ0n) is 20.3. The van der Waals surface area contributed by atoms with Gasteiger partial charge in [-0.15, -0.1) is 0 Å². The number of aromatic nitrogens is 1. The summed E-state index contributed by atoms with van der Waals surface area (Å²) in [7, 11) is 0. The van der Waals surface area contributed by atoms with Gasteiger partial charge in [0.2, 0.25) is 5.91 Å². The number of halogens is 3. The Hall–Kier alpha value is -3.47. The topological polar surface area (TPSA) is 103 Å². The Bertz CT molecular complexity index is 1100. The smallest absolute Gasteiger partial charge is 0.350 e. The van der Waals surface area contributed by atoms with Gasteiger partial charge < -0.3 is 16.0 Å². The van der Waals surface area contributed by atoms with E-state index in [0.717, 1.165) is 56.8 Å². The van der Waals surface area contributed by atoms with Gasteiger partial charge >= 0.3 is 6.18 Å². The molecule has 1 aromatic heterocycles. The number of likely N-dealkylation sites (tertiary alicyclic amines) is 1. The minimum atomic E-state index is -4.55. The van der Waals surface area contributed by atoms with Crippen LogP contribution in [-0.4, -0.2) is 65.4 Å². The van der Waals surface area contributed by atoms with Crippen LogP contribution in [0, 0.1) is 0 Å². The highest BCUT2D eigenvalue weighted by molar-refractivity contribution is 5.96. The van der Waals surface area contributed by atoms with Gasteiger partial charge in [0.1, 0.15) is 5.69 Å². The molecule has 1 aliphatic heterocycles. The number of nitrogens with zero attached hydrogens (tertiary/aromatic N) is 2. The van der Waals surface area contributed by atoms with E-state index in [4.69, 9.17) is 0 Å². The fraction of sp³-hybridized carbons (Fsp3) is 0.462. The summed E-state index contributed by atoms with van der Waals surface area (Å²) in [4.78, 5) is 43.3. The van der Waals surface area contributed by atoms with E-state index in [-0.39, 0.29) is 36.0 Å². The van der Waals surface area contributed by atoms with Crippen molar-refractivity contribution in [2.24, 2.45) is 0 Å². The molecule has 2 aromatic rings. The van der Waals surface area contributed by atoms with Crippen LogP contribution in [0.15, 0.2) is 48.7 Å². The molecule has 2 fully saturated rings. The first-order chi connectivity index (χ1) is 17.7. The second-order valence-electron chi connectivity index (χ2n) is 9.50. The Morgan fingerprint density at radius 3 is 2.41 bits per heavy atom. The largest absolute Gasteiger partial charge is 0.416 e. The molecule has 8 nitrogen and oxygen atoms in total. The Labute approximate surface area is 213 Å². The van der Waals surface area contributed by atoms with Crippen LogP contribution < -0.4 is 16.0 Å². The minimum absolute atomic E-state index is 0.0560. The minimum Gasteiger partial charge on any atom is -0.350 e. The summed E-state index contributed by atoms with van der Waals surface area (Å²) in [5.74, 6) is -1.28. The number of benzene rings is 1. The van der Waals surface area contributed by atoms with Crippen LogP contribution in [0.5, 0.6) is 0 Å². The van der Waals surface area contributed by atoms with E-state index in [1.807, 2.05) is 0 Å². The predicted octanol–water partition coefficient (Wildman–Crippen LogP) is 2.76. The zero-order chi connectivity index (χ0) is 26.4. The number of pyridine rings is 1. The first-order valence-corrected chi connectivity index (χ1v) is 12.4. The molecule has 1 saturated heterocycles. The lowest BCUT2D eigenvalue weighted by Gasteiger charge is -2.35. The molecule has 0 bridgehead atoms. The highest BCUT2D eigenvalue weighted by Crippen LogP contribution is 2.29. The van der Waals surface area contributed by atoms with Crippen molar-refractivity contribution < 1.29 is 27.6 Å². The standard InChI is InChI=1S/C26H30F3N5O3/c27-26(28,29)18-5-3-4-17(14-18)24(36)31-15-23(35)32-20-11-13-34(16-20)21-9-7-19(8-10-21)33-25(37)22-6-1-2-12-30-22/h1-6,12,14,19-21H,7-11,13,15-16H2,(H,31,36)(H,32,35)(H,33,37)/t19?,20-,21?/m1/s1. The molecule has 0 spiro atoms. The van der Waals surface area contributed by atoms with Crippen LogP contribution in [-0.2, 0) is 11.0 Å². The number of nitrogens with one attached hydrogen (secondary N) is 3. The molecule has 1 atom stereocenters. The average molecular weight is 518 g/mol. The zero-order valence-corrected chi connectivity index (χ0v) is 20.3. The lowest BCUT2D eigenvalue weighted by Crippen LogP contribution is -2.46. The lowest BCUT2D eigenvalue weighted by atomic mass is 9.90. The number of amides is 3. The van der Waals surface area contributed by atoms with Gasteiger partial charge in [0.25, 0.3) is 11.8 Å². The first kappa shape index (κ1) is 26.6. The number of carbonyl (C=O) groups excluding carboxylic acids is 3. The van der Waals surface area contributed by atoms with Crippen molar-refractivity contribution in [3.05, 3.63) is 65.5 Å². The summed E-state index contributed by atoms with van der Waals surface area (Å²) in [6.45, 7) is 1.23. The highest BCUT2D eigenvalue weighted by Gasteiger charge is 2.33. The SMILES string of the molecule is O=C(CNC(=O)c1cccc(C(F)(F)F)c1)N[C@@H]1CCN(C2CCC(NC(=O)c3ccccn3)CC2)C1. The molecule has 1 saturated carbocycles. The van der Waals surface area contributed by atoms with E-state index in [2.05, 4.69) is 25.8 Å². The maximum Gasteiger partial charge on any atom is 0.416 e. The summed E-state index contributed by atoms with van der Waals surface area (Å²) >= 11 is 0. The van der Waals surface area contributed by atoms with Gasteiger partial charge in [-0.1, -0.05) is 12.1 Å². The summed E-state index contributed by atoms with van der Waals surface area (Å²) in [6, 6.07) is 9.77. The van der Waals surface area contributed by atoms with Crippen molar-refractivity contribution in [3.8, 4) is 0 Å². The van der Waals surface area contributed by atoms with Crippen molar-refractivity contribution >= 4 is 17.7 Å². The summed E-state index contributed by atoms with van der Waals surface area (Å²) < 4.78 is 38.6. The van der Waals surface area contributed by atoms with Crippen molar-refractivity contribution in [3.63, 3.8) is 0 Å². The molecule has 11 heteroatoms. The molecule has 1 aliphatic carbocycles. The summed E-state index contributed by atoms with van der Waals surface area (Å²) in [5.41, 5.74) is -0.657.